The lowest BCUT2D eigenvalue weighted by atomic mass is 9.79. The summed E-state index contributed by atoms with van der Waals surface area (Å²) in [6, 6.07) is 2.86. The number of benzene rings is 1. The predicted octanol–water partition coefficient (Wildman–Crippen LogP) is 5.08. The summed E-state index contributed by atoms with van der Waals surface area (Å²) in [5, 5.41) is 6.78. The van der Waals surface area contributed by atoms with Crippen LogP contribution in [0.4, 0.5) is 32.6 Å². The Bertz CT molecular complexity index is 1330. The third-order valence-electron chi connectivity index (χ3n) is 8.25. The summed E-state index contributed by atoms with van der Waals surface area (Å²) in [6.07, 6.45) is -0.785. The number of nitrogens with one attached hydrogen (secondary N) is 3. The van der Waals surface area contributed by atoms with Crippen molar-refractivity contribution in [1.29, 1.82) is 0 Å². The van der Waals surface area contributed by atoms with E-state index >= 15 is 8.78 Å². The number of hydrogen-bond acceptors (Lipinski definition) is 5. The maximum atomic E-state index is 15.2. The fourth-order valence-electron chi connectivity index (χ4n) is 5.60. The van der Waals surface area contributed by atoms with Crippen LogP contribution in [0.1, 0.15) is 55.3 Å². The fraction of sp³-hybridized carbons (Fsp3) is 0.533. The van der Waals surface area contributed by atoms with Gasteiger partial charge in [-0.3, -0.25) is 9.59 Å². The summed E-state index contributed by atoms with van der Waals surface area (Å²) in [5.74, 6) is -6.33. The van der Waals surface area contributed by atoms with Crippen LogP contribution in [0.2, 0.25) is 0 Å². The second-order valence-electron chi connectivity index (χ2n) is 11.5. The molecule has 2 aliphatic rings. The Hall–Kier alpha value is -3.81. The lowest BCUT2D eigenvalue weighted by Crippen LogP contribution is -2.53. The average Bonchev–Trinajstić information content (AvgIpc) is 3.37. The van der Waals surface area contributed by atoms with Crippen molar-refractivity contribution >= 4 is 23.7 Å². The summed E-state index contributed by atoms with van der Waals surface area (Å²) in [4.78, 5) is 44.0. The second kappa shape index (κ2) is 13.4. The molecule has 0 radical (unpaired) electrons. The summed E-state index contributed by atoms with van der Waals surface area (Å²) in [7, 11) is 1.33. The Morgan fingerprint density at radius 1 is 1.09 bits per heavy atom. The molecule has 1 saturated carbocycles. The first-order valence-electron chi connectivity index (χ1n) is 14.4. The van der Waals surface area contributed by atoms with Gasteiger partial charge in [-0.1, -0.05) is 49.6 Å². The van der Waals surface area contributed by atoms with E-state index in [2.05, 4.69) is 22.5 Å². The average molecular weight is 626 g/mol. The van der Waals surface area contributed by atoms with E-state index in [9.17, 15) is 27.6 Å². The van der Waals surface area contributed by atoms with Crippen molar-refractivity contribution in [2.75, 3.05) is 25.6 Å². The minimum atomic E-state index is -4.65. The van der Waals surface area contributed by atoms with Gasteiger partial charge in [0.25, 0.3) is 5.91 Å². The molecule has 44 heavy (non-hydrogen) atoms. The molecule has 240 valence electrons. The van der Waals surface area contributed by atoms with Crippen LogP contribution in [0.25, 0.3) is 0 Å². The van der Waals surface area contributed by atoms with Crippen LogP contribution < -0.4 is 16.0 Å². The Kier molecular flexibility index (Phi) is 10.1. The molecule has 9 nitrogen and oxygen atoms in total. The zero-order chi connectivity index (χ0) is 32.2. The number of methoxy groups -OCH3 is 1. The van der Waals surface area contributed by atoms with Crippen LogP contribution in [-0.2, 0) is 20.2 Å². The molecular formula is C30H36F5N5O4. The van der Waals surface area contributed by atoms with Gasteiger partial charge in [0, 0.05) is 18.9 Å². The van der Waals surface area contributed by atoms with E-state index in [4.69, 9.17) is 4.74 Å². The second-order valence-corrected chi connectivity index (χ2v) is 11.5. The van der Waals surface area contributed by atoms with Gasteiger partial charge in [-0.25, -0.2) is 9.78 Å². The Balaban J connectivity index is 1.55. The van der Waals surface area contributed by atoms with Crippen molar-refractivity contribution in [1.82, 2.24) is 20.5 Å². The fourth-order valence-corrected chi connectivity index (χ4v) is 5.60. The number of aryl methyl sites for hydroxylation is 1. The lowest BCUT2D eigenvalue weighted by Gasteiger charge is -2.33. The monoisotopic (exact) mass is 625 g/mol. The van der Waals surface area contributed by atoms with E-state index < -0.39 is 66.1 Å². The van der Waals surface area contributed by atoms with Gasteiger partial charge >= 0.3 is 18.1 Å². The highest BCUT2D eigenvalue weighted by molar-refractivity contribution is 5.98. The Morgan fingerprint density at radius 3 is 2.34 bits per heavy atom. The van der Waals surface area contributed by atoms with E-state index in [1.807, 2.05) is 5.32 Å². The number of carbonyl (C=O) groups is 3. The normalized spacial score (nSPS) is 22.2. The minimum Gasteiger partial charge on any atom is -0.382 e. The number of halogens is 5. The number of aromatic nitrogens is 1. The smallest absolute Gasteiger partial charge is 0.382 e. The molecule has 1 aliphatic carbocycles. The van der Waals surface area contributed by atoms with Gasteiger partial charge in [-0.05, 0) is 49.3 Å². The Morgan fingerprint density at radius 2 is 1.75 bits per heavy atom. The van der Waals surface area contributed by atoms with Crippen molar-refractivity contribution in [3.05, 3.63) is 59.3 Å². The van der Waals surface area contributed by atoms with Crippen LogP contribution in [0.15, 0.2) is 42.6 Å². The first kappa shape index (κ1) is 33.1. The van der Waals surface area contributed by atoms with Gasteiger partial charge in [0.2, 0.25) is 5.91 Å². The highest BCUT2D eigenvalue weighted by Gasteiger charge is 2.49. The lowest BCUT2D eigenvalue weighted by molar-refractivity contribution is -0.150. The van der Waals surface area contributed by atoms with E-state index in [0.29, 0.717) is 24.3 Å². The SMILES string of the molecule is COC[C@H](c1ccnc(NC(=O)[C@@H](NC(=O)C(F)(F)c2ccc(C)cc2)C2CCC(C)CC2)c1)N1C[C@@H](C(F)(F)F)NC1=O. The Labute approximate surface area is 251 Å². The quantitative estimate of drug-likeness (QED) is 0.319. The molecule has 2 fully saturated rings. The van der Waals surface area contributed by atoms with Crippen molar-refractivity contribution in [3.8, 4) is 0 Å². The molecule has 4 amide bonds. The molecule has 2 heterocycles. The topological polar surface area (TPSA) is 113 Å². The molecular weight excluding hydrogens is 589 g/mol. The predicted molar refractivity (Wildman–Crippen MR) is 151 cm³/mol. The summed E-state index contributed by atoms with van der Waals surface area (Å²) in [6.45, 7) is 2.98. The number of ether oxygens (including phenoxy) is 1. The van der Waals surface area contributed by atoms with E-state index in [1.54, 1.807) is 6.92 Å². The molecule has 1 aliphatic heterocycles. The first-order valence-corrected chi connectivity index (χ1v) is 14.4. The van der Waals surface area contributed by atoms with Crippen molar-refractivity contribution in [3.63, 3.8) is 0 Å². The highest BCUT2D eigenvalue weighted by atomic mass is 19.4. The number of hydrogen-bond donors (Lipinski definition) is 3. The van der Waals surface area contributed by atoms with Crippen LogP contribution in [-0.4, -0.2) is 66.3 Å². The number of rotatable bonds is 10. The van der Waals surface area contributed by atoms with E-state index in [0.717, 1.165) is 35.4 Å². The third kappa shape index (κ3) is 7.63. The number of nitrogens with zero attached hydrogens (tertiary/aromatic N) is 2. The number of anilines is 1. The molecule has 4 rings (SSSR count). The van der Waals surface area contributed by atoms with Crippen LogP contribution in [0.5, 0.6) is 0 Å². The number of urea groups is 1. The van der Waals surface area contributed by atoms with Crippen LogP contribution >= 0.6 is 0 Å². The number of amides is 4. The molecule has 3 atom stereocenters. The summed E-state index contributed by atoms with van der Waals surface area (Å²) in [5.41, 5.74) is 0.564. The maximum absolute atomic E-state index is 15.2. The third-order valence-corrected chi connectivity index (χ3v) is 8.25. The van der Waals surface area contributed by atoms with Crippen LogP contribution in [0.3, 0.4) is 0 Å². The molecule has 2 aromatic rings. The van der Waals surface area contributed by atoms with Gasteiger partial charge in [0.1, 0.15) is 17.9 Å². The zero-order valence-electron chi connectivity index (χ0n) is 24.6. The van der Waals surface area contributed by atoms with Gasteiger partial charge < -0.3 is 25.6 Å². The summed E-state index contributed by atoms with van der Waals surface area (Å²) < 4.78 is 75.4. The number of carbonyl (C=O) groups excluding carboxylic acids is 3. The van der Waals surface area contributed by atoms with Gasteiger partial charge in [0.05, 0.1) is 19.2 Å². The van der Waals surface area contributed by atoms with Crippen molar-refractivity contribution < 1.29 is 41.1 Å². The van der Waals surface area contributed by atoms with Gasteiger partial charge in [0.15, 0.2) is 0 Å². The molecule has 1 saturated heterocycles. The molecule has 3 N–H and O–H groups in total. The van der Waals surface area contributed by atoms with Crippen LogP contribution in [0, 0.1) is 18.8 Å². The number of pyridine rings is 1. The van der Waals surface area contributed by atoms with Crippen molar-refractivity contribution in [2.24, 2.45) is 11.8 Å². The van der Waals surface area contributed by atoms with E-state index in [1.165, 1.54) is 37.6 Å². The molecule has 0 spiro atoms. The summed E-state index contributed by atoms with van der Waals surface area (Å²) >= 11 is 0. The number of alkyl halides is 5. The van der Waals surface area contributed by atoms with Crippen molar-refractivity contribution in [2.45, 2.75) is 69.8 Å². The standard InChI is InChI=1S/C30H36F5N5O4/c1-17-4-8-19(9-5-17)25(39-27(42)29(31,32)21-10-6-18(2)7-11-21)26(41)38-24-14-20(12-13-36-24)22(16-44-3)40-15-23(30(33,34)35)37-28(40)43/h6-7,10-14,17,19,22-23,25H,4-5,8-9,15-16H2,1-3H3,(H,37,43)(H,39,42)(H,36,38,41)/t17?,19?,22-,23+,25+/m1/s1. The largest absolute Gasteiger partial charge is 0.410 e. The minimum absolute atomic E-state index is 0.0331. The molecule has 14 heteroatoms. The molecule has 1 aromatic heterocycles. The zero-order valence-corrected chi connectivity index (χ0v) is 24.6. The van der Waals surface area contributed by atoms with Gasteiger partial charge in [-0.2, -0.15) is 22.0 Å². The molecule has 0 unspecified atom stereocenters. The van der Waals surface area contributed by atoms with Gasteiger partial charge in [-0.15, -0.1) is 0 Å². The molecule has 1 aromatic carbocycles. The highest BCUT2D eigenvalue weighted by Crippen LogP contribution is 2.34. The first-order chi connectivity index (χ1) is 20.7. The van der Waals surface area contributed by atoms with E-state index in [-0.39, 0.29) is 12.4 Å². The molecule has 0 bridgehead atoms. The maximum Gasteiger partial charge on any atom is 0.410 e.